The molecule has 0 bridgehead atoms. The van der Waals surface area contributed by atoms with Gasteiger partial charge in [0.2, 0.25) is 0 Å². The van der Waals surface area contributed by atoms with Crippen LogP contribution in [-0.2, 0) is 6.54 Å². The zero-order chi connectivity index (χ0) is 10.6. The number of nitrogens with zero attached hydrogens (tertiary/aromatic N) is 2. The van der Waals surface area contributed by atoms with Gasteiger partial charge in [-0.1, -0.05) is 6.92 Å². The maximum Gasteiger partial charge on any atom is 0.250 e. The fraction of sp³-hybridized carbons (Fsp3) is 0.400. The lowest BCUT2D eigenvalue weighted by Gasteiger charge is -2.10. The van der Waals surface area contributed by atoms with Gasteiger partial charge in [0, 0.05) is 25.4 Å². The minimum atomic E-state index is -0.149. The zero-order valence-electron chi connectivity index (χ0n) is 7.97. The summed E-state index contributed by atoms with van der Waals surface area (Å²) in [5, 5.41) is 17.5. The van der Waals surface area contributed by atoms with E-state index in [0.717, 1.165) is 0 Å². The Kier molecular flexibility index (Phi) is 3.43. The van der Waals surface area contributed by atoms with Crippen LogP contribution in [0.4, 0.5) is 0 Å². The van der Waals surface area contributed by atoms with Gasteiger partial charge >= 0.3 is 0 Å². The first-order chi connectivity index (χ1) is 6.67. The fourth-order valence-electron chi connectivity index (χ4n) is 1.13. The number of rotatable bonds is 3. The van der Waals surface area contributed by atoms with Crippen LogP contribution in [0.5, 0.6) is 0 Å². The second-order valence-corrected chi connectivity index (χ2v) is 3.31. The molecule has 1 unspecified atom stereocenters. The second kappa shape index (κ2) is 4.58. The molecule has 1 aromatic rings. The van der Waals surface area contributed by atoms with Crippen molar-refractivity contribution in [3.63, 3.8) is 0 Å². The third-order valence-corrected chi connectivity index (χ3v) is 1.93. The summed E-state index contributed by atoms with van der Waals surface area (Å²) < 4.78 is 1.44. The van der Waals surface area contributed by atoms with Crippen molar-refractivity contribution in [2.24, 2.45) is 5.92 Å². The van der Waals surface area contributed by atoms with E-state index in [2.05, 4.69) is 0 Å². The predicted octanol–water partition coefficient (Wildman–Crippen LogP) is 0.348. The summed E-state index contributed by atoms with van der Waals surface area (Å²) in [5.74, 6) is 0.0154. The van der Waals surface area contributed by atoms with Gasteiger partial charge in [0.25, 0.3) is 5.56 Å². The van der Waals surface area contributed by atoms with Gasteiger partial charge in [-0.2, -0.15) is 5.26 Å². The van der Waals surface area contributed by atoms with Crippen LogP contribution in [0.3, 0.4) is 0 Å². The quantitative estimate of drug-likeness (QED) is 0.751. The molecule has 1 heterocycles. The molecule has 0 aromatic carbocycles. The lowest BCUT2D eigenvalue weighted by atomic mass is 10.2. The van der Waals surface area contributed by atoms with Crippen LogP contribution in [0.15, 0.2) is 23.1 Å². The summed E-state index contributed by atoms with van der Waals surface area (Å²) in [5.41, 5.74) is 0.305. The molecule has 0 fully saturated rings. The number of aliphatic hydroxyl groups excluding tert-OH is 1. The van der Waals surface area contributed by atoms with E-state index in [1.165, 1.54) is 22.9 Å². The van der Waals surface area contributed by atoms with Crippen molar-refractivity contribution < 1.29 is 5.11 Å². The van der Waals surface area contributed by atoms with E-state index in [-0.39, 0.29) is 18.1 Å². The molecule has 74 valence electrons. The van der Waals surface area contributed by atoms with Gasteiger partial charge in [-0.05, 0) is 12.0 Å². The molecule has 0 amide bonds. The Morgan fingerprint density at radius 1 is 1.64 bits per heavy atom. The Morgan fingerprint density at radius 2 is 2.36 bits per heavy atom. The average molecular weight is 192 g/mol. The highest BCUT2D eigenvalue weighted by Crippen LogP contribution is 1.99. The van der Waals surface area contributed by atoms with Crippen LogP contribution in [-0.4, -0.2) is 16.3 Å². The number of hydrogen-bond acceptors (Lipinski definition) is 3. The van der Waals surface area contributed by atoms with Gasteiger partial charge in [0.05, 0.1) is 5.56 Å². The summed E-state index contributed by atoms with van der Waals surface area (Å²) in [4.78, 5) is 11.3. The minimum Gasteiger partial charge on any atom is -0.396 e. The largest absolute Gasteiger partial charge is 0.396 e. The molecular weight excluding hydrogens is 180 g/mol. The molecule has 1 atom stereocenters. The van der Waals surface area contributed by atoms with Gasteiger partial charge in [-0.15, -0.1) is 0 Å². The number of pyridine rings is 1. The van der Waals surface area contributed by atoms with E-state index in [9.17, 15) is 4.79 Å². The van der Waals surface area contributed by atoms with Gasteiger partial charge in [-0.3, -0.25) is 4.79 Å². The first-order valence-electron chi connectivity index (χ1n) is 4.39. The van der Waals surface area contributed by atoms with Crippen molar-refractivity contribution in [1.82, 2.24) is 4.57 Å². The van der Waals surface area contributed by atoms with Gasteiger partial charge < -0.3 is 9.67 Å². The number of nitriles is 1. The molecule has 0 saturated carbocycles. The third-order valence-electron chi connectivity index (χ3n) is 1.93. The molecule has 0 aliphatic heterocycles. The zero-order valence-corrected chi connectivity index (χ0v) is 7.97. The first-order valence-corrected chi connectivity index (χ1v) is 4.39. The first kappa shape index (κ1) is 10.5. The summed E-state index contributed by atoms with van der Waals surface area (Å²) in [6, 6.07) is 4.82. The molecule has 0 saturated heterocycles. The molecule has 1 aromatic heterocycles. The Hall–Kier alpha value is -1.60. The summed E-state index contributed by atoms with van der Waals surface area (Å²) >= 11 is 0. The van der Waals surface area contributed by atoms with Crippen LogP contribution in [0, 0.1) is 17.2 Å². The third kappa shape index (κ3) is 2.44. The highest BCUT2D eigenvalue weighted by Gasteiger charge is 2.03. The minimum absolute atomic E-state index is 0.0154. The van der Waals surface area contributed by atoms with E-state index in [0.29, 0.717) is 12.1 Å². The summed E-state index contributed by atoms with van der Waals surface area (Å²) in [7, 11) is 0. The highest BCUT2D eigenvalue weighted by atomic mass is 16.3. The van der Waals surface area contributed by atoms with Crippen LogP contribution < -0.4 is 5.56 Å². The van der Waals surface area contributed by atoms with E-state index >= 15 is 0 Å². The van der Waals surface area contributed by atoms with Crippen molar-refractivity contribution in [2.45, 2.75) is 13.5 Å². The maximum atomic E-state index is 11.3. The standard InChI is InChI=1S/C10H12N2O2/c1-8(7-13)5-12-6-9(4-11)2-3-10(12)14/h2-3,6,8,13H,5,7H2,1H3. The molecular formula is C10H12N2O2. The fourth-order valence-corrected chi connectivity index (χ4v) is 1.13. The molecule has 4 heteroatoms. The van der Waals surface area contributed by atoms with E-state index in [1.54, 1.807) is 0 Å². The van der Waals surface area contributed by atoms with E-state index < -0.39 is 0 Å². The number of hydrogen-bond donors (Lipinski definition) is 1. The van der Waals surface area contributed by atoms with Gasteiger partial charge in [-0.25, -0.2) is 0 Å². The molecule has 14 heavy (non-hydrogen) atoms. The Bertz CT molecular complexity index is 403. The Morgan fingerprint density at radius 3 is 2.93 bits per heavy atom. The van der Waals surface area contributed by atoms with Crippen molar-refractivity contribution in [3.05, 3.63) is 34.2 Å². The van der Waals surface area contributed by atoms with Crippen LogP contribution in [0.1, 0.15) is 12.5 Å². The number of aromatic nitrogens is 1. The Balaban J connectivity index is 2.96. The molecule has 1 rings (SSSR count). The second-order valence-electron chi connectivity index (χ2n) is 3.31. The van der Waals surface area contributed by atoms with E-state index in [4.69, 9.17) is 10.4 Å². The molecule has 1 N–H and O–H groups in total. The molecule has 0 radical (unpaired) electrons. The molecule has 4 nitrogen and oxygen atoms in total. The lowest BCUT2D eigenvalue weighted by Crippen LogP contribution is -2.23. The smallest absolute Gasteiger partial charge is 0.250 e. The van der Waals surface area contributed by atoms with Crippen LogP contribution in [0.2, 0.25) is 0 Å². The average Bonchev–Trinajstić information content (AvgIpc) is 2.21. The molecule has 0 aliphatic rings. The van der Waals surface area contributed by atoms with Crippen molar-refractivity contribution in [3.8, 4) is 6.07 Å². The Labute approximate surface area is 82.0 Å². The topological polar surface area (TPSA) is 66.0 Å². The SMILES string of the molecule is CC(CO)Cn1cc(C#N)ccc1=O. The molecule has 0 aliphatic carbocycles. The summed E-state index contributed by atoms with van der Waals surface area (Å²) in [6.07, 6.45) is 1.51. The maximum absolute atomic E-state index is 11.3. The van der Waals surface area contributed by atoms with E-state index in [1.807, 2.05) is 13.0 Å². The summed E-state index contributed by atoms with van der Waals surface area (Å²) in [6.45, 7) is 2.31. The highest BCUT2D eigenvalue weighted by molar-refractivity contribution is 5.24. The van der Waals surface area contributed by atoms with Gasteiger partial charge in [0.15, 0.2) is 0 Å². The lowest BCUT2D eigenvalue weighted by molar-refractivity contribution is 0.222. The van der Waals surface area contributed by atoms with Crippen LogP contribution in [0.25, 0.3) is 0 Å². The van der Waals surface area contributed by atoms with Crippen molar-refractivity contribution in [1.29, 1.82) is 5.26 Å². The molecule has 0 spiro atoms. The normalized spacial score (nSPS) is 12.1. The van der Waals surface area contributed by atoms with Gasteiger partial charge in [0.1, 0.15) is 6.07 Å². The van der Waals surface area contributed by atoms with Crippen molar-refractivity contribution >= 4 is 0 Å². The van der Waals surface area contributed by atoms with Crippen LogP contribution >= 0.6 is 0 Å². The predicted molar refractivity (Wildman–Crippen MR) is 51.7 cm³/mol. The monoisotopic (exact) mass is 192 g/mol. The number of aliphatic hydroxyl groups is 1. The van der Waals surface area contributed by atoms with Crippen molar-refractivity contribution in [2.75, 3.05) is 6.61 Å².